The average Bonchev–Trinajstić information content (AvgIpc) is 2.99. The van der Waals surface area contributed by atoms with Crippen LogP contribution in [0.15, 0.2) is 60.7 Å². The molecule has 0 saturated carbocycles. The molecular formula is C23H29NOS2. The van der Waals surface area contributed by atoms with Crippen molar-refractivity contribution in [2.45, 2.75) is 43.9 Å². The molecule has 27 heavy (non-hydrogen) atoms. The van der Waals surface area contributed by atoms with Gasteiger partial charge in [0.25, 0.3) is 0 Å². The molecule has 4 heteroatoms. The molecular weight excluding hydrogens is 370 g/mol. The third-order valence-electron chi connectivity index (χ3n) is 4.96. The molecule has 2 nitrogen and oxygen atoms in total. The van der Waals surface area contributed by atoms with Crippen molar-refractivity contribution in [2.24, 2.45) is 5.92 Å². The monoisotopic (exact) mass is 399 g/mol. The third-order valence-corrected chi connectivity index (χ3v) is 7.30. The maximum absolute atomic E-state index is 12.9. The van der Waals surface area contributed by atoms with Gasteiger partial charge in [-0.3, -0.25) is 4.79 Å². The minimum atomic E-state index is 0.170. The minimum Gasteiger partial charge on any atom is -0.336 e. The first-order chi connectivity index (χ1) is 13.1. The predicted octanol–water partition coefficient (Wildman–Crippen LogP) is 5.48. The number of thioether (sulfide) groups is 2. The van der Waals surface area contributed by atoms with Crippen LogP contribution in [0.5, 0.6) is 0 Å². The predicted molar refractivity (Wildman–Crippen MR) is 119 cm³/mol. The van der Waals surface area contributed by atoms with Gasteiger partial charge >= 0.3 is 0 Å². The lowest BCUT2D eigenvalue weighted by Gasteiger charge is -2.28. The Balaban J connectivity index is 1.50. The van der Waals surface area contributed by atoms with E-state index >= 15 is 0 Å². The van der Waals surface area contributed by atoms with Gasteiger partial charge in [-0.2, -0.15) is 23.5 Å². The molecule has 2 aromatic rings. The first-order valence-corrected chi connectivity index (χ1v) is 12.0. The number of likely N-dealkylation sites (tertiary alicyclic amines) is 1. The molecule has 1 aliphatic rings. The van der Waals surface area contributed by atoms with E-state index in [4.69, 9.17) is 0 Å². The van der Waals surface area contributed by atoms with Crippen molar-refractivity contribution in [3.05, 3.63) is 71.8 Å². The Bertz CT molecular complexity index is 705. The number of hydrogen-bond donors (Lipinski definition) is 0. The molecule has 1 amide bonds. The summed E-state index contributed by atoms with van der Waals surface area (Å²) in [6.07, 6.45) is 1.00. The fourth-order valence-corrected chi connectivity index (χ4v) is 5.90. The molecule has 0 bridgehead atoms. The van der Waals surface area contributed by atoms with Crippen molar-refractivity contribution < 1.29 is 4.79 Å². The first kappa shape index (κ1) is 20.3. The van der Waals surface area contributed by atoms with E-state index in [9.17, 15) is 4.79 Å². The first-order valence-electron chi connectivity index (χ1n) is 9.70. The maximum Gasteiger partial charge on any atom is 0.227 e. The van der Waals surface area contributed by atoms with Gasteiger partial charge in [0.2, 0.25) is 5.91 Å². The summed E-state index contributed by atoms with van der Waals surface area (Å²) < 4.78 is 0. The molecule has 144 valence electrons. The highest BCUT2D eigenvalue weighted by Crippen LogP contribution is 2.32. The molecule has 0 unspecified atom stereocenters. The summed E-state index contributed by atoms with van der Waals surface area (Å²) in [4.78, 5) is 15.1. The molecule has 0 aliphatic carbocycles. The summed E-state index contributed by atoms with van der Waals surface area (Å²) in [6, 6.07) is 21.8. The number of carbonyl (C=O) groups is 1. The van der Waals surface area contributed by atoms with Crippen molar-refractivity contribution in [3.8, 4) is 0 Å². The highest BCUT2D eigenvalue weighted by atomic mass is 32.2. The smallest absolute Gasteiger partial charge is 0.227 e. The van der Waals surface area contributed by atoms with Crippen molar-refractivity contribution in [1.29, 1.82) is 0 Å². The molecule has 0 radical (unpaired) electrons. The minimum absolute atomic E-state index is 0.170. The Morgan fingerprint density at radius 1 is 0.889 bits per heavy atom. The Labute approximate surface area is 172 Å². The van der Waals surface area contributed by atoms with Crippen LogP contribution in [0.25, 0.3) is 0 Å². The normalized spacial score (nSPS) is 19.8. The van der Waals surface area contributed by atoms with Gasteiger partial charge in [-0.1, -0.05) is 60.7 Å². The van der Waals surface area contributed by atoms with E-state index in [1.807, 2.05) is 29.6 Å². The van der Waals surface area contributed by atoms with Crippen LogP contribution in [0.4, 0.5) is 0 Å². The van der Waals surface area contributed by atoms with E-state index in [-0.39, 0.29) is 12.0 Å². The van der Waals surface area contributed by atoms with Crippen LogP contribution in [-0.2, 0) is 16.3 Å². The molecule has 1 fully saturated rings. The summed E-state index contributed by atoms with van der Waals surface area (Å²) in [5, 5.41) is 0. The summed E-state index contributed by atoms with van der Waals surface area (Å²) in [6.45, 7) is 4.29. The number of amides is 1. The van der Waals surface area contributed by atoms with E-state index in [0.717, 1.165) is 29.4 Å². The standard InChI is InChI=1S/C23H29NOS2/c1-18(2)24-22(17-27-15-20-11-7-4-8-12-20)13-21(23(24)25)16-26-14-19-9-5-3-6-10-19/h3-12,18,21-22H,13-17H2,1-2H3/t21-,22+/m0/s1. The van der Waals surface area contributed by atoms with Gasteiger partial charge < -0.3 is 4.90 Å². The summed E-state index contributed by atoms with van der Waals surface area (Å²) >= 11 is 3.84. The van der Waals surface area contributed by atoms with Crippen LogP contribution < -0.4 is 0 Å². The fourth-order valence-electron chi connectivity index (χ4n) is 3.68. The van der Waals surface area contributed by atoms with E-state index in [1.165, 1.54) is 11.1 Å². The molecule has 1 aliphatic heterocycles. The second kappa shape index (κ2) is 10.2. The number of hydrogen-bond acceptors (Lipinski definition) is 3. The van der Waals surface area contributed by atoms with Gasteiger partial charge in [0.15, 0.2) is 0 Å². The van der Waals surface area contributed by atoms with Crippen molar-refractivity contribution >= 4 is 29.4 Å². The fraction of sp³-hybridized carbons (Fsp3) is 0.435. The van der Waals surface area contributed by atoms with Gasteiger partial charge in [0.1, 0.15) is 0 Å². The van der Waals surface area contributed by atoms with Crippen LogP contribution in [0.3, 0.4) is 0 Å². The maximum atomic E-state index is 12.9. The lowest BCUT2D eigenvalue weighted by Crippen LogP contribution is -2.40. The second-order valence-corrected chi connectivity index (χ2v) is 9.49. The third kappa shape index (κ3) is 5.79. The quantitative estimate of drug-likeness (QED) is 0.557. The lowest BCUT2D eigenvalue weighted by molar-refractivity contribution is -0.132. The van der Waals surface area contributed by atoms with E-state index in [1.54, 1.807) is 0 Å². The van der Waals surface area contributed by atoms with Crippen molar-refractivity contribution in [1.82, 2.24) is 4.90 Å². The number of carbonyl (C=O) groups excluding carboxylic acids is 1. The lowest BCUT2D eigenvalue weighted by atomic mass is 10.1. The van der Waals surface area contributed by atoms with E-state index in [0.29, 0.717) is 11.9 Å². The number of benzene rings is 2. The largest absolute Gasteiger partial charge is 0.336 e. The van der Waals surface area contributed by atoms with Crippen molar-refractivity contribution in [2.75, 3.05) is 11.5 Å². The van der Waals surface area contributed by atoms with Crippen molar-refractivity contribution in [3.63, 3.8) is 0 Å². The Hall–Kier alpha value is -1.39. The molecule has 0 spiro atoms. The van der Waals surface area contributed by atoms with Gasteiger partial charge in [0.05, 0.1) is 0 Å². The van der Waals surface area contributed by atoms with Crippen LogP contribution in [0.2, 0.25) is 0 Å². The highest BCUT2D eigenvalue weighted by molar-refractivity contribution is 7.98. The van der Waals surface area contributed by atoms with Gasteiger partial charge in [-0.15, -0.1) is 0 Å². The van der Waals surface area contributed by atoms with Gasteiger partial charge in [-0.25, -0.2) is 0 Å². The molecule has 1 heterocycles. The molecule has 1 saturated heterocycles. The number of nitrogens with zero attached hydrogens (tertiary/aromatic N) is 1. The highest BCUT2D eigenvalue weighted by Gasteiger charge is 2.40. The zero-order valence-electron chi connectivity index (χ0n) is 16.2. The van der Waals surface area contributed by atoms with Gasteiger partial charge in [0, 0.05) is 41.0 Å². The Kier molecular flexibility index (Phi) is 7.71. The zero-order chi connectivity index (χ0) is 19.1. The molecule has 0 N–H and O–H groups in total. The SMILES string of the molecule is CC(C)N1C(=O)[C@H](CSCc2ccccc2)C[C@@H]1CSCc1ccccc1. The average molecular weight is 400 g/mol. The summed E-state index contributed by atoms with van der Waals surface area (Å²) in [7, 11) is 0. The van der Waals surface area contributed by atoms with E-state index < -0.39 is 0 Å². The molecule has 2 atom stereocenters. The molecule has 0 aromatic heterocycles. The summed E-state index contributed by atoms with van der Waals surface area (Å²) in [5.74, 6) is 4.49. The molecule has 3 rings (SSSR count). The topological polar surface area (TPSA) is 20.3 Å². The Morgan fingerprint density at radius 3 is 1.93 bits per heavy atom. The van der Waals surface area contributed by atoms with Crippen LogP contribution in [0.1, 0.15) is 31.4 Å². The zero-order valence-corrected chi connectivity index (χ0v) is 17.8. The van der Waals surface area contributed by atoms with Crippen LogP contribution >= 0.6 is 23.5 Å². The number of rotatable bonds is 9. The van der Waals surface area contributed by atoms with Crippen LogP contribution in [0, 0.1) is 5.92 Å². The molecule has 2 aromatic carbocycles. The summed E-state index contributed by atoms with van der Waals surface area (Å²) in [5.41, 5.74) is 2.70. The van der Waals surface area contributed by atoms with Gasteiger partial charge in [-0.05, 0) is 31.4 Å². The second-order valence-electron chi connectivity index (χ2n) is 7.43. The van der Waals surface area contributed by atoms with Crippen LogP contribution in [-0.4, -0.2) is 34.4 Å². The Morgan fingerprint density at radius 2 is 1.41 bits per heavy atom. The van der Waals surface area contributed by atoms with E-state index in [2.05, 4.69) is 73.3 Å².